The molecule has 0 saturated carbocycles. The average molecular weight is 127 g/mol. The molecule has 0 saturated heterocycles. The van der Waals surface area contributed by atoms with Crippen LogP contribution in [0.15, 0.2) is 0 Å². The molecule has 0 fully saturated rings. The third-order valence-corrected chi connectivity index (χ3v) is 1.78. The van der Waals surface area contributed by atoms with Crippen molar-refractivity contribution in [1.29, 1.82) is 0 Å². The molecule has 0 N–H and O–H groups in total. The molecule has 0 aromatic heterocycles. The molecule has 0 bridgehead atoms. The van der Waals surface area contributed by atoms with Gasteiger partial charge in [-0.3, -0.25) is 4.79 Å². The summed E-state index contributed by atoms with van der Waals surface area (Å²) in [6, 6.07) is 0. The van der Waals surface area contributed by atoms with Gasteiger partial charge in [0.2, 0.25) is 6.29 Å². The standard InChI is InChI=1S/C8H15O/c1-4-5-7(2)8(3)6-9/h7-8H,4-5H2,1-3H3. The summed E-state index contributed by atoms with van der Waals surface area (Å²) in [5.41, 5.74) is 0. The molecule has 0 aliphatic heterocycles. The summed E-state index contributed by atoms with van der Waals surface area (Å²) in [6.45, 7) is 6.15. The third-order valence-electron chi connectivity index (χ3n) is 1.78. The monoisotopic (exact) mass is 127 g/mol. The van der Waals surface area contributed by atoms with E-state index in [9.17, 15) is 4.79 Å². The molecule has 1 radical (unpaired) electrons. The first-order chi connectivity index (χ1) is 4.22. The van der Waals surface area contributed by atoms with E-state index in [1.807, 2.05) is 13.2 Å². The fraction of sp³-hybridized carbons (Fsp3) is 0.875. The van der Waals surface area contributed by atoms with Gasteiger partial charge >= 0.3 is 0 Å². The molecule has 1 nitrogen and oxygen atoms in total. The SMILES string of the molecule is CCCC(C)C(C)[C]=O. The smallest absolute Gasteiger partial charge is 0.201 e. The van der Waals surface area contributed by atoms with Crippen LogP contribution in [0.1, 0.15) is 33.6 Å². The first-order valence-corrected chi connectivity index (χ1v) is 3.60. The van der Waals surface area contributed by atoms with Crippen molar-refractivity contribution < 1.29 is 4.79 Å². The van der Waals surface area contributed by atoms with Gasteiger partial charge in [0.15, 0.2) is 0 Å². The van der Waals surface area contributed by atoms with E-state index in [0.717, 1.165) is 12.8 Å². The van der Waals surface area contributed by atoms with Gasteiger partial charge in [-0.05, 0) is 5.92 Å². The highest BCUT2D eigenvalue weighted by molar-refractivity contribution is 5.54. The van der Waals surface area contributed by atoms with E-state index < -0.39 is 0 Å². The second kappa shape index (κ2) is 4.54. The predicted octanol–water partition coefficient (Wildman–Crippen LogP) is 2.17. The molecule has 0 heterocycles. The summed E-state index contributed by atoms with van der Waals surface area (Å²) < 4.78 is 0. The van der Waals surface area contributed by atoms with E-state index in [1.165, 1.54) is 0 Å². The fourth-order valence-corrected chi connectivity index (χ4v) is 0.821. The second-order valence-electron chi connectivity index (χ2n) is 2.67. The largest absolute Gasteiger partial charge is 0.291 e. The van der Waals surface area contributed by atoms with E-state index in [-0.39, 0.29) is 5.92 Å². The summed E-state index contributed by atoms with van der Waals surface area (Å²) in [4.78, 5) is 10.1. The number of hydrogen-bond donors (Lipinski definition) is 0. The van der Waals surface area contributed by atoms with Crippen LogP contribution in [0.3, 0.4) is 0 Å². The summed E-state index contributed by atoms with van der Waals surface area (Å²) in [5, 5.41) is 0. The third kappa shape index (κ3) is 3.28. The van der Waals surface area contributed by atoms with Gasteiger partial charge < -0.3 is 0 Å². The molecule has 53 valence electrons. The maximum atomic E-state index is 10.1. The van der Waals surface area contributed by atoms with E-state index >= 15 is 0 Å². The van der Waals surface area contributed by atoms with Gasteiger partial charge in [-0.1, -0.05) is 33.6 Å². The summed E-state index contributed by atoms with van der Waals surface area (Å²) in [7, 11) is 0. The molecule has 9 heavy (non-hydrogen) atoms. The minimum absolute atomic E-state index is 0.116. The predicted molar refractivity (Wildman–Crippen MR) is 38.9 cm³/mol. The lowest BCUT2D eigenvalue weighted by Gasteiger charge is -2.10. The Hall–Kier alpha value is -0.330. The van der Waals surface area contributed by atoms with Crippen LogP contribution in [0.4, 0.5) is 0 Å². The minimum atomic E-state index is 0.116. The Labute approximate surface area is 57.5 Å². The van der Waals surface area contributed by atoms with Crippen molar-refractivity contribution in [2.24, 2.45) is 11.8 Å². The van der Waals surface area contributed by atoms with Crippen molar-refractivity contribution in [3.05, 3.63) is 0 Å². The molecule has 2 unspecified atom stereocenters. The van der Waals surface area contributed by atoms with Gasteiger partial charge in [-0.25, -0.2) is 0 Å². The second-order valence-corrected chi connectivity index (χ2v) is 2.67. The number of hydrogen-bond acceptors (Lipinski definition) is 1. The lowest BCUT2D eigenvalue weighted by molar-refractivity contribution is 0.418. The lowest BCUT2D eigenvalue weighted by atomic mass is 9.93. The van der Waals surface area contributed by atoms with Gasteiger partial charge in [-0.2, -0.15) is 0 Å². The van der Waals surface area contributed by atoms with Crippen LogP contribution in [0.25, 0.3) is 0 Å². The Balaban J connectivity index is 3.44. The zero-order valence-electron chi connectivity index (χ0n) is 6.48. The van der Waals surface area contributed by atoms with Crippen LogP contribution in [0, 0.1) is 11.8 Å². The molecular weight excluding hydrogens is 112 g/mol. The van der Waals surface area contributed by atoms with Crippen molar-refractivity contribution >= 4 is 6.29 Å². The highest BCUT2D eigenvalue weighted by Gasteiger charge is 2.09. The minimum Gasteiger partial charge on any atom is -0.291 e. The van der Waals surface area contributed by atoms with Crippen LogP contribution in [0.2, 0.25) is 0 Å². The number of rotatable bonds is 4. The normalized spacial score (nSPS) is 16.8. The van der Waals surface area contributed by atoms with Gasteiger partial charge in [0.25, 0.3) is 0 Å². The molecule has 0 aromatic rings. The molecule has 0 aromatic carbocycles. The van der Waals surface area contributed by atoms with Crippen molar-refractivity contribution in [1.82, 2.24) is 0 Å². The van der Waals surface area contributed by atoms with Crippen molar-refractivity contribution in [2.45, 2.75) is 33.6 Å². The summed E-state index contributed by atoms with van der Waals surface area (Å²) in [6.07, 6.45) is 4.29. The van der Waals surface area contributed by atoms with Crippen LogP contribution < -0.4 is 0 Å². The lowest BCUT2D eigenvalue weighted by Crippen LogP contribution is -2.08. The molecule has 0 amide bonds. The Bertz CT molecular complexity index is 78.6. The van der Waals surface area contributed by atoms with Crippen LogP contribution in [-0.4, -0.2) is 6.29 Å². The highest BCUT2D eigenvalue weighted by atomic mass is 16.1. The summed E-state index contributed by atoms with van der Waals surface area (Å²) in [5.74, 6) is 0.623. The van der Waals surface area contributed by atoms with Crippen LogP contribution in [-0.2, 0) is 4.79 Å². The van der Waals surface area contributed by atoms with E-state index in [1.54, 1.807) is 0 Å². The van der Waals surface area contributed by atoms with Crippen LogP contribution >= 0.6 is 0 Å². The van der Waals surface area contributed by atoms with Crippen molar-refractivity contribution in [3.63, 3.8) is 0 Å². The van der Waals surface area contributed by atoms with Crippen molar-refractivity contribution in [3.8, 4) is 0 Å². The maximum Gasteiger partial charge on any atom is 0.201 e. The Morgan fingerprint density at radius 1 is 1.44 bits per heavy atom. The first-order valence-electron chi connectivity index (χ1n) is 3.60. The first kappa shape index (κ1) is 8.67. The van der Waals surface area contributed by atoms with Gasteiger partial charge in [0.05, 0.1) is 0 Å². The fourth-order valence-electron chi connectivity index (χ4n) is 0.821. The quantitative estimate of drug-likeness (QED) is 0.565. The molecule has 0 aliphatic carbocycles. The Kier molecular flexibility index (Phi) is 4.37. The average Bonchev–Trinajstić information content (AvgIpc) is 1.87. The van der Waals surface area contributed by atoms with Gasteiger partial charge in [0.1, 0.15) is 0 Å². The van der Waals surface area contributed by atoms with Crippen molar-refractivity contribution in [2.75, 3.05) is 0 Å². The van der Waals surface area contributed by atoms with Gasteiger partial charge in [-0.15, -0.1) is 0 Å². The molecule has 0 rings (SSSR count). The van der Waals surface area contributed by atoms with Crippen LogP contribution in [0.5, 0.6) is 0 Å². The van der Waals surface area contributed by atoms with E-state index in [4.69, 9.17) is 0 Å². The maximum absolute atomic E-state index is 10.1. The number of carbonyl (C=O) groups excluding carboxylic acids is 1. The topological polar surface area (TPSA) is 17.1 Å². The van der Waals surface area contributed by atoms with Gasteiger partial charge in [0, 0.05) is 5.92 Å². The molecule has 2 atom stereocenters. The summed E-state index contributed by atoms with van der Waals surface area (Å²) >= 11 is 0. The Morgan fingerprint density at radius 2 is 2.00 bits per heavy atom. The zero-order chi connectivity index (χ0) is 7.28. The molecule has 0 aliphatic rings. The zero-order valence-corrected chi connectivity index (χ0v) is 6.48. The Morgan fingerprint density at radius 3 is 2.33 bits per heavy atom. The molecule has 1 heteroatoms. The molecular formula is C8H15O. The van der Waals surface area contributed by atoms with E-state index in [0.29, 0.717) is 5.92 Å². The molecule has 0 spiro atoms. The van der Waals surface area contributed by atoms with E-state index in [2.05, 4.69) is 13.8 Å². The highest BCUT2D eigenvalue weighted by Crippen LogP contribution is 2.13.